The highest BCUT2D eigenvalue weighted by Crippen LogP contribution is 2.15. The Morgan fingerprint density at radius 2 is 1.72 bits per heavy atom. The molecule has 2 nitrogen and oxygen atoms in total. The molecule has 0 amide bonds. The third kappa shape index (κ3) is 5.98. The molecule has 0 spiro atoms. The fourth-order valence-corrected chi connectivity index (χ4v) is 2.54. The van der Waals surface area contributed by atoms with Gasteiger partial charge < -0.3 is 4.90 Å². The van der Waals surface area contributed by atoms with Gasteiger partial charge in [-0.05, 0) is 31.0 Å². The monoisotopic (exact) mass is 268 g/mol. The molecule has 1 aromatic rings. The summed E-state index contributed by atoms with van der Waals surface area (Å²) in [6.45, 7) is 12.5. The number of unbranched alkanes of at least 4 members (excludes halogenated alkanes) is 1. The first-order valence-electron chi connectivity index (χ1n) is 7.10. The van der Waals surface area contributed by atoms with E-state index in [-0.39, 0.29) is 0 Å². The molecule has 2 rings (SSSR count). The lowest BCUT2D eigenvalue weighted by atomic mass is 10.2. The molecule has 2 heterocycles. The molecule has 3 heteroatoms. The van der Waals surface area contributed by atoms with Crippen LogP contribution in [0.2, 0.25) is 0 Å². The lowest BCUT2D eigenvalue weighted by Crippen LogP contribution is -2.43. The Hall–Kier alpha value is -0.380. The van der Waals surface area contributed by atoms with Crippen molar-refractivity contribution in [2.45, 2.75) is 40.2 Å². The van der Waals surface area contributed by atoms with Crippen LogP contribution in [0.1, 0.15) is 37.1 Å². The maximum atomic E-state index is 2.54. The third-order valence-electron chi connectivity index (χ3n) is 3.29. The molecule has 18 heavy (non-hydrogen) atoms. The van der Waals surface area contributed by atoms with Crippen LogP contribution in [-0.4, -0.2) is 43.0 Å². The van der Waals surface area contributed by atoms with Crippen LogP contribution in [0.4, 0.5) is 0 Å². The quantitative estimate of drug-likeness (QED) is 0.826. The molecule has 1 saturated heterocycles. The second-order valence-electron chi connectivity index (χ2n) is 5.15. The Bertz CT molecular complexity index is 312. The largest absolute Gasteiger partial charge is 0.304 e. The molecule has 1 aliphatic rings. The van der Waals surface area contributed by atoms with E-state index in [1.807, 2.05) is 11.3 Å². The van der Waals surface area contributed by atoms with Gasteiger partial charge in [0.05, 0.1) is 0 Å². The highest BCUT2D eigenvalue weighted by Gasteiger charge is 2.13. The van der Waals surface area contributed by atoms with E-state index in [2.05, 4.69) is 49.1 Å². The molecule has 0 bridgehead atoms. The number of hydrogen-bond acceptors (Lipinski definition) is 3. The van der Waals surface area contributed by atoms with E-state index in [4.69, 9.17) is 0 Å². The van der Waals surface area contributed by atoms with Crippen molar-refractivity contribution in [3.05, 3.63) is 21.9 Å². The Labute approximate surface area is 117 Å². The van der Waals surface area contributed by atoms with Crippen molar-refractivity contribution in [3.8, 4) is 0 Å². The average Bonchev–Trinajstić information content (AvgIpc) is 2.78. The lowest BCUT2D eigenvalue weighted by Gasteiger charge is -2.32. The first kappa shape index (κ1) is 15.7. The molecule has 104 valence electrons. The molecule has 0 atom stereocenters. The number of rotatable bonds is 3. The van der Waals surface area contributed by atoms with Gasteiger partial charge in [0, 0.05) is 37.6 Å². The lowest BCUT2D eigenvalue weighted by molar-refractivity contribution is 0.148. The molecular weight excluding hydrogens is 240 g/mol. The van der Waals surface area contributed by atoms with Gasteiger partial charge in [-0.3, -0.25) is 4.90 Å². The predicted octanol–water partition coefficient (Wildman–Crippen LogP) is 3.61. The standard InChI is InChI=1S/C11H18N2S.C4H10/c1-10-7-11(9-14-10)8-13-5-3-12(2)4-6-13;1-3-4-2/h7,9H,3-6,8H2,1-2H3;3-4H2,1-2H3. The van der Waals surface area contributed by atoms with Crippen molar-refractivity contribution in [2.24, 2.45) is 0 Å². The molecule has 0 unspecified atom stereocenters. The first-order valence-corrected chi connectivity index (χ1v) is 7.98. The number of thiophene rings is 1. The maximum Gasteiger partial charge on any atom is 0.0243 e. The van der Waals surface area contributed by atoms with Gasteiger partial charge in [0.25, 0.3) is 0 Å². The van der Waals surface area contributed by atoms with Crippen LogP contribution in [0.15, 0.2) is 11.4 Å². The molecule has 0 aromatic carbocycles. The molecule has 1 fully saturated rings. The smallest absolute Gasteiger partial charge is 0.0243 e. The van der Waals surface area contributed by atoms with E-state index in [1.54, 1.807) is 0 Å². The molecule has 1 aliphatic heterocycles. The third-order valence-corrected chi connectivity index (χ3v) is 4.20. The summed E-state index contributed by atoms with van der Waals surface area (Å²) < 4.78 is 0. The zero-order chi connectivity index (χ0) is 13.4. The van der Waals surface area contributed by atoms with Crippen LogP contribution in [0.25, 0.3) is 0 Å². The van der Waals surface area contributed by atoms with Gasteiger partial charge in [-0.1, -0.05) is 26.7 Å². The molecule has 0 radical (unpaired) electrons. The van der Waals surface area contributed by atoms with Crippen LogP contribution < -0.4 is 0 Å². The normalized spacial score (nSPS) is 17.3. The maximum absolute atomic E-state index is 2.54. The molecule has 1 aromatic heterocycles. The van der Waals surface area contributed by atoms with Crippen molar-refractivity contribution in [1.82, 2.24) is 9.80 Å². The van der Waals surface area contributed by atoms with E-state index >= 15 is 0 Å². The summed E-state index contributed by atoms with van der Waals surface area (Å²) >= 11 is 1.86. The zero-order valence-electron chi connectivity index (χ0n) is 12.4. The van der Waals surface area contributed by atoms with Crippen molar-refractivity contribution in [3.63, 3.8) is 0 Å². The molecular formula is C15H28N2S. The van der Waals surface area contributed by atoms with Gasteiger partial charge in [-0.2, -0.15) is 0 Å². The number of hydrogen-bond donors (Lipinski definition) is 0. The van der Waals surface area contributed by atoms with Crippen LogP contribution >= 0.6 is 11.3 Å². The second kappa shape index (κ2) is 8.68. The Morgan fingerprint density at radius 1 is 1.11 bits per heavy atom. The Balaban J connectivity index is 0.000000357. The van der Waals surface area contributed by atoms with E-state index in [1.165, 1.54) is 49.5 Å². The summed E-state index contributed by atoms with van der Waals surface area (Å²) in [6.07, 6.45) is 2.64. The zero-order valence-corrected chi connectivity index (χ0v) is 13.2. The van der Waals surface area contributed by atoms with E-state index in [9.17, 15) is 0 Å². The summed E-state index contributed by atoms with van der Waals surface area (Å²) in [6, 6.07) is 2.31. The van der Waals surface area contributed by atoms with Crippen LogP contribution in [0.5, 0.6) is 0 Å². The number of nitrogens with zero attached hydrogens (tertiary/aromatic N) is 2. The van der Waals surface area contributed by atoms with Gasteiger partial charge >= 0.3 is 0 Å². The average molecular weight is 268 g/mol. The van der Waals surface area contributed by atoms with Crippen molar-refractivity contribution in [1.29, 1.82) is 0 Å². The summed E-state index contributed by atoms with van der Waals surface area (Å²) in [4.78, 5) is 6.37. The predicted molar refractivity (Wildman–Crippen MR) is 82.4 cm³/mol. The second-order valence-corrected chi connectivity index (χ2v) is 6.26. The number of likely N-dealkylation sites (N-methyl/N-ethyl adjacent to an activating group) is 1. The summed E-state index contributed by atoms with van der Waals surface area (Å²) in [5, 5.41) is 2.29. The van der Waals surface area contributed by atoms with Crippen LogP contribution in [0.3, 0.4) is 0 Å². The van der Waals surface area contributed by atoms with Crippen LogP contribution in [-0.2, 0) is 6.54 Å². The topological polar surface area (TPSA) is 6.48 Å². The SMILES string of the molecule is CCCC.Cc1cc(CN2CCN(C)CC2)cs1. The van der Waals surface area contributed by atoms with Gasteiger partial charge in [0.15, 0.2) is 0 Å². The summed E-state index contributed by atoms with van der Waals surface area (Å²) in [5.41, 5.74) is 1.48. The van der Waals surface area contributed by atoms with E-state index < -0.39 is 0 Å². The van der Waals surface area contributed by atoms with E-state index in [0.29, 0.717) is 0 Å². The van der Waals surface area contributed by atoms with Gasteiger partial charge in [-0.15, -0.1) is 11.3 Å². The number of aryl methyl sites for hydroxylation is 1. The van der Waals surface area contributed by atoms with Crippen LogP contribution in [0, 0.1) is 6.92 Å². The minimum atomic E-state index is 1.14. The highest BCUT2D eigenvalue weighted by atomic mass is 32.1. The van der Waals surface area contributed by atoms with Gasteiger partial charge in [0.1, 0.15) is 0 Å². The minimum absolute atomic E-state index is 1.14. The highest BCUT2D eigenvalue weighted by molar-refractivity contribution is 7.10. The summed E-state index contributed by atoms with van der Waals surface area (Å²) in [7, 11) is 2.20. The fourth-order valence-electron chi connectivity index (χ4n) is 1.84. The Morgan fingerprint density at radius 3 is 2.17 bits per heavy atom. The summed E-state index contributed by atoms with van der Waals surface area (Å²) in [5.74, 6) is 0. The van der Waals surface area contributed by atoms with Crippen molar-refractivity contribution < 1.29 is 0 Å². The first-order chi connectivity index (χ1) is 8.65. The molecule has 0 aliphatic carbocycles. The minimum Gasteiger partial charge on any atom is -0.304 e. The molecule has 0 saturated carbocycles. The van der Waals surface area contributed by atoms with Crippen molar-refractivity contribution >= 4 is 11.3 Å². The Kier molecular flexibility index (Phi) is 7.56. The van der Waals surface area contributed by atoms with Gasteiger partial charge in [0.2, 0.25) is 0 Å². The molecule has 0 N–H and O–H groups in total. The van der Waals surface area contributed by atoms with Crippen molar-refractivity contribution in [2.75, 3.05) is 33.2 Å². The number of piperazine rings is 1. The fraction of sp³-hybridized carbons (Fsp3) is 0.733. The van der Waals surface area contributed by atoms with E-state index in [0.717, 1.165) is 6.54 Å². The van der Waals surface area contributed by atoms with Gasteiger partial charge in [-0.25, -0.2) is 0 Å².